The molecule has 0 aromatic heterocycles. The lowest BCUT2D eigenvalue weighted by Gasteiger charge is -2.48. The van der Waals surface area contributed by atoms with Crippen molar-refractivity contribution >= 4 is 83.2 Å². The minimum atomic E-state index is -1.54. The van der Waals surface area contributed by atoms with Crippen molar-refractivity contribution in [3.8, 4) is 0 Å². The number of alkyl carbamates (subject to hydrolysis) is 2. The van der Waals surface area contributed by atoms with Gasteiger partial charge in [-0.25, -0.2) is 33.8 Å². The average molecular weight is 1380 g/mol. The van der Waals surface area contributed by atoms with Crippen LogP contribution in [0.25, 0.3) is 0 Å². The quantitative estimate of drug-likeness (QED) is 0.00941. The van der Waals surface area contributed by atoms with Crippen molar-refractivity contribution in [2.45, 2.75) is 62.8 Å². The fraction of sp³-hybridized carbons (Fsp3) is 0.221. The Labute approximate surface area is 582 Å². The fourth-order valence-corrected chi connectivity index (χ4v) is 13.1. The third-order valence-corrected chi connectivity index (χ3v) is 19.0. The number of esters is 3. The van der Waals surface area contributed by atoms with Gasteiger partial charge in [0.05, 0.1) is 19.6 Å². The molecule has 2 aliphatic carbocycles. The van der Waals surface area contributed by atoms with E-state index in [4.69, 9.17) is 18.9 Å². The Balaban J connectivity index is 0.000000233. The molecule has 0 fully saturated rings. The standard InChI is InChI=1S/C42H42N2O8S2.C28H24O2S2.C7H9NO3/c1-27(2)37(45)49-25-23-43-39(47)51-41(29-15-19-31(53-5)20-16-29)33-11-7-9-13-35(33)42(36-14-10-8-12-34(36)41,30-17-21-32(54-6)22-18-30)52-40(48)44-24-26-50-38(46)28(3)4;1-31-21-15-11-19(12-16-21)27(29)23-7-3-5-9-25(23)28(30,26-10-6-4-8-24(26)27)20-13-17-22(32-2)18-14-20;1-6(2)7(10)11-4-3-8-5-9/h7-22H,1,3,23-26H2,2,4-6H3,(H,43,47)(H,44,48);3-18,29-30H,1-2H3;1,3-4H2,2H3. The summed E-state index contributed by atoms with van der Waals surface area (Å²) in [6.45, 7) is 15.2. The molecule has 8 aromatic carbocycles. The first-order valence-corrected chi connectivity index (χ1v) is 35.5. The van der Waals surface area contributed by atoms with Gasteiger partial charge in [-0.3, -0.25) is 0 Å². The molecule has 20 heteroatoms. The Morgan fingerprint density at radius 2 is 0.649 bits per heavy atom. The van der Waals surface area contributed by atoms with Crippen molar-refractivity contribution in [2.24, 2.45) is 4.99 Å². The van der Waals surface area contributed by atoms with Crippen LogP contribution in [0.4, 0.5) is 9.59 Å². The zero-order valence-electron chi connectivity index (χ0n) is 54.8. The van der Waals surface area contributed by atoms with E-state index in [1.54, 1.807) is 67.8 Å². The van der Waals surface area contributed by atoms with E-state index in [-0.39, 0.29) is 50.6 Å². The molecule has 0 bridgehead atoms. The Morgan fingerprint density at radius 3 is 0.897 bits per heavy atom. The lowest BCUT2D eigenvalue weighted by atomic mass is 9.63. The van der Waals surface area contributed by atoms with Crippen molar-refractivity contribution in [1.29, 1.82) is 0 Å². The maximum atomic E-state index is 13.9. The highest BCUT2D eigenvalue weighted by Crippen LogP contribution is 2.57. The number of ether oxygens (including phenoxy) is 5. The number of hydrogen-bond donors (Lipinski definition) is 4. The first-order chi connectivity index (χ1) is 46.7. The summed E-state index contributed by atoms with van der Waals surface area (Å²) >= 11 is 6.50. The number of carbonyl (C=O) groups excluding carboxylic acids is 6. The number of aliphatic imine (C=N–C) groups is 1. The van der Waals surface area contributed by atoms with Crippen LogP contribution in [-0.4, -0.2) is 111 Å². The second-order valence-electron chi connectivity index (χ2n) is 22.2. The van der Waals surface area contributed by atoms with Gasteiger partial charge < -0.3 is 44.5 Å². The van der Waals surface area contributed by atoms with Gasteiger partial charge in [-0.2, -0.15) is 0 Å². The summed E-state index contributed by atoms with van der Waals surface area (Å²) in [7, 11) is 0. The molecule has 0 radical (unpaired) electrons. The minimum Gasteiger partial charge on any atom is -0.460 e. The number of nitrogens with zero attached hydrogens (tertiary/aromatic N) is 1. The molecule has 0 atom stereocenters. The van der Waals surface area contributed by atoms with E-state index in [2.05, 4.69) is 40.1 Å². The fourth-order valence-electron chi connectivity index (χ4n) is 11.4. The lowest BCUT2D eigenvalue weighted by Crippen LogP contribution is -2.50. The third-order valence-electron chi connectivity index (χ3n) is 16.0. The molecule has 2 amide bonds. The van der Waals surface area contributed by atoms with E-state index >= 15 is 0 Å². The summed E-state index contributed by atoms with van der Waals surface area (Å²) in [4.78, 5) is 79.3. The van der Waals surface area contributed by atoms with Crippen LogP contribution in [0.15, 0.2) is 255 Å². The molecule has 2 aliphatic rings. The van der Waals surface area contributed by atoms with Gasteiger partial charge in [0, 0.05) is 69.7 Å². The first-order valence-electron chi connectivity index (χ1n) is 30.6. The molecule has 16 nitrogen and oxygen atoms in total. The van der Waals surface area contributed by atoms with E-state index in [0.717, 1.165) is 30.7 Å². The highest BCUT2D eigenvalue weighted by Gasteiger charge is 2.57. The number of carbonyl (C=O) groups is 5. The van der Waals surface area contributed by atoms with Crippen molar-refractivity contribution in [2.75, 3.05) is 64.5 Å². The Morgan fingerprint density at radius 1 is 0.402 bits per heavy atom. The van der Waals surface area contributed by atoms with Gasteiger partial charge >= 0.3 is 30.1 Å². The van der Waals surface area contributed by atoms with Gasteiger partial charge in [-0.15, -0.1) is 47.0 Å². The minimum absolute atomic E-state index is 0.0146. The second kappa shape index (κ2) is 33.5. The summed E-state index contributed by atoms with van der Waals surface area (Å²) in [5.74, 6) is -1.60. The maximum Gasteiger partial charge on any atom is 0.408 e. The van der Waals surface area contributed by atoms with Crippen LogP contribution in [0.1, 0.15) is 87.5 Å². The van der Waals surface area contributed by atoms with Gasteiger partial charge in [0.2, 0.25) is 6.08 Å². The molecule has 0 heterocycles. The van der Waals surface area contributed by atoms with Crippen molar-refractivity contribution in [3.63, 3.8) is 0 Å². The normalized spacial score (nSPS) is 17.4. The van der Waals surface area contributed by atoms with E-state index in [1.807, 2.05) is 219 Å². The summed E-state index contributed by atoms with van der Waals surface area (Å²) < 4.78 is 28.2. The number of amides is 2. The molecule has 0 saturated heterocycles. The Bertz CT molecular complexity index is 3890. The van der Waals surface area contributed by atoms with Crippen LogP contribution in [0.3, 0.4) is 0 Å². The number of hydrogen-bond acceptors (Lipinski definition) is 18. The number of fused-ring (bicyclic) bond motifs is 4. The Hall–Kier alpha value is -9.37. The van der Waals surface area contributed by atoms with Crippen molar-refractivity contribution in [1.82, 2.24) is 10.6 Å². The van der Waals surface area contributed by atoms with Gasteiger partial charge in [0.15, 0.2) is 11.2 Å². The monoisotopic (exact) mass is 1380 g/mol. The van der Waals surface area contributed by atoms with Gasteiger partial charge in [0.25, 0.3) is 0 Å². The Kier molecular flexibility index (Phi) is 25.4. The summed E-state index contributed by atoms with van der Waals surface area (Å²) in [6, 6.07) is 61.8. The molecule has 97 heavy (non-hydrogen) atoms. The predicted molar refractivity (Wildman–Crippen MR) is 382 cm³/mol. The molecular formula is C77H75N3O13S4. The number of rotatable bonds is 22. The topological polar surface area (TPSA) is 225 Å². The van der Waals surface area contributed by atoms with Gasteiger partial charge in [0.1, 0.15) is 31.0 Å². The molecule has 0 aliphatic heterocycles. The molecule has 4 N–H and O–H groups in total. The molecule has 10 rings (SSSR count). The highest BCUT2D eigenvalue weighted by molar-refractivity contribution is 7.99. The number of aliphatic hydroxyl groups is 2. The molecular weight excluding hydrogens is 1300 g/mol. The maximum absolute atomic E-state index is 13.9. The van der Waals surface area contributed by atoms with Crippen molar-refractivity contribution < 1.29 is 62.7 Å². The van der Waals surface area contributed by atoms with Gasteiger partial charge in [-0.05, 0) is 128 Å². The molecule has 0 saturated carbocycles. The van der Waals surface area contributed by atoms with Crippen LogP contribution in [0, 0.1) is 0 Å². The van der Waals surface area contributed by atoms with Gasteiger partial charge in [-0.1, -0.05) is 165 Å². The van der Waals surface area contributed by atoms with Crippen LogP contribution >= 0.6 is 47.0 Å². The average Bonchev–Trinajstić information content (AvgIpc) is 0.707. The van der Waals surface area contributed by atoms with E-state index in [1.165, 1.54) is 6.08 Å². The summed E-state index contributed by atoms with van der Waals surface area (Å²) in [5.41, 5.74) is 2.92. The predicted octanol–water partition coefficient (Wildman–Crippen LogP) is 14.2. The molecule has 8 aromatic rings. The zero-order chi connectivity index (χ0) is 69.9. The third kappa shape index (κ3) is 16.0. The molecule has 0 unspecified atom stereocenters. The highest BCUT2D eigenvalue weighted by atomic mass is 32.2. The smallest absolute Gasteiger partial charge is 0.408 e. The second-order valence-corrected chi connectivity index (χ2v) is 25.8. The SMILES string of the molecule is C=C(C)C(=O)OCCN=C=O.C=C(C)C(=O)OCCNC(=O)OC1(c2ccc(SC)cc2)c2ccccc2C(OC(=O)NCCOC(=O)C(=C)C)(c2ccc(SC)cc2)c2ccccc21.CSc1ccc(C2(O)c3ccccc3C(O)(c3ccc(SC)cc3)c3ccccc32)cc1. The van der Waals surface area contributed by atoms with Crippen LogP contribution in [-0.2, 0) is 65.3 Å². The lowest BCUT2D eigenvalue weighted by molar-refractivity contribution is -0.139. The van der Waals surface area contributed by atoms with Crippen molar-refractivity contribution in [3.05, 3.63) is 297 Å². The largest absolute Gasteiger partial charge is 0.460 e. The number of isocyanates is 1. The zero-order valence-corrected chi connectivity index (χ0v) is 58.1. The van der Waals surface area contributed by atoms with E-state index in [0.29, 0.717) is 61.2 Å². The van der Waals surface area contributed by atoms with Crippen LogP contribution < -0.4 is 10.6 Å². The number of benzene rings is 8. The van der Waals surface area contributed by atoms with E-state index < -0.39 is 52.5 Å². The number of nitrogens with one attached hydrogen (secondary N) is 2. The number of thioether (sulfide) groups is 4. The molecule has 500 valence electrons. The summed E-state index contributed by atoms with van der Waals surface area (Å²) in [6.07, 6.45) is 7.83. The van der Waals surface area contributed by atoms with Crippen LogP contribution in [0.5, 0.6) is 0 Å². The molecule has 0 spiro atoms. The summed E-state index contributed by atoms with van der Waals surface area (Å²) in [5, 5.41) is 30.2. The van der Waals surface area contributed by atoms with Crippen LogP contribution in [0.2, 0.25) is 0 Å². The first kappa shape index (κ1) is 73.4. The van der Waals surface area contributed by atoms with E-state index in [9.17, 15) is 39.0 Å².